The normalized spacial score (nSPS) is 10.4. The number of carbonyl (C=O) groups excluding carboxylic acids is 1. The van der Waals surface area contributed by atoms with Crippen molar-refractivity contribution in [3.63, 3.8) is 0 Å². The van der Waals surface area contributed by atoms with Gasteiger partial charge in [0.15, 0.2) is 0 Å². The summed E-state index contributed by atoms with van der Waals surface area (Å²) in [6.45, 7) is 1.31. The minimum absolute atomic E-state index is 0.0196. The number of anilines is 1. The molecule has 0 radical (unpaired) electrons. The highest BCUT2D eigenvalue weighted by Gasteiger charge is 2.13. The van der Waals surface area contributed by atoms with Gasteiger partial charge in [0.2, 0.25) is 11.8 Å². The van der Waals surface area contributed by atoms with Gasteiger partial charge in [-0.2, -0.15) is 0 Å². The molecular weight excluding hydrogens is 335 g/mol. The van der Waals surface area contributed by atoms with E-state index in [1.54, 1.807) is 42.6 Å². The molecule has 6 heteroatoms. The molecular formula is C20H17FN2O3. The van der Waals surface area contributed by atoms with Crippen LogP contribution in [-0.2, 0) is 4.79 Å². The van der Waals surface area contributed by atoms with E-state index in [1.165, 1.54) is 26.2 Å². The summed E-state index contributed by atoms with van der Waals surface area (Å²) in [5.74, 6) is -0.437. The molecule has 5 nitrogen and oxygen atoms in total. The first-order valence-electron chi connectivity index (χ1n) is 7.89. The molecule has 26 heavy (non-hydrogen) atoms. The van der Waals surface area contributed by atoms with E-state index in [0.717, 1.165) is 0 Å². The van der Waals surface area contributed by atoms with Gasteiger partial charge < -0.3 is 15.2 Å². The molecule has 3 aromatic rings. The van der Waals surface area contributed by atoms with Crippen LogP contribution >= 0.6 is 0 Å². The van der Waals surface area contributed by atoms with E-state index in [9.17, 15) is 14.3 Å². The number of aromatic hydroxyl groups is 1. The Morgan fingerprint density at radius 1 is 1.12 bits per heavy atom. The summed E-state index contributed by atoms with van der Waals surface area (Å²) < 4.78 is 19.2. The lowest BCUT2D eigenvalue weighted by molar-refractivity contribution is -0.114. The minimum atomic E-state index is -0.575. The number of para-hydroxylation sites is 1. The Morgan fingerprint density at radius 3 is 2.38 bits per heavy atom. The molecule has 132 valence electrons. The summed E-state index contributed by atoms with van der Waals surface area (Å²) in [5.41, 5.74) is 2.35. The number of halogens is 1. The lowest BCUT2D eigenvalue weighted by Gasteiger charge is -2.12. The van der Waals surface area contributed by atoms with Gasteiger partial charge in [-0.3, -0.25) is 4.79 Å². The maximum Gasteiger partial charge on any atom is 0.221 e. The number of phenolic OH excluding ortho intramolecular Hbond substituents is 1. The number of benzene rings is 2. The molecule has 0 saturated carbocycles. The Balaban J connectivity index is 2.01. The Morgan fingerprint density at radius 2 is 1.81 bits per heavy atom. The van der Waals surface area contributed by atoms with Gasteiger partial charge in [0.1, 0.15) is 11.6 Å². The van der Waals surface area contributed by atoms with E-state index in [0.29, 0.717) is 28.1 Å². The number of methoxy groups -OCH3 is 1. The quantitative estimate of drug-likeness (QED) is 0.737. The van der Waals surface area contributed by atoms with Crippen molar-refractivity contribution in [2.24, 2.45) is 0 Å². The third-order valence-corrected chi connectivity index (χ3v) is 3.88. The fourth-order valence-electron chi connectivity index (χ4n) is 2.64. The monoisotopic (exact) mass is 352 g/mol. The van der Waals surface area contributed by atoms with Gasteiger partial charge in [0.05, 0.1) is 12.8 Å². The predicted octanol–water partition coefficient (Wildman–Crippen LogP) is 4.23. The molecule has 0 aliphatic carbocycles. The second kappa shape index (κ2) is 7.23. The highest BCUT2D eigenvalue weighted by atomic mass is 19.1. The van der Waals surface area contributed by atoms with Crippen molar-refractivity contribution >= 4 is 11.6 Å². The molecule has 2 aromatic carbocycles. The Kier molecular flexibility index (Phi) is 4.84. The molecule has 1 amide bonds. The zero-order valence-electron chi connectivity index (χ0n) is 14.3. The van der Waals surface area contributed by atoms with Crippen molar-refractivity contribution in [1.82, 2.24) is 4.98 Å². The number of aromatic nitrogens is 1. The Bertz CT molecular complexity index is 956. The molecule has 0 atom stereocenters. The van der Waals surface area contributed by atoms with Crippen LogP contribution in [0.5, 0.6) is 11.6 Å². The van der Waals surface area contributed by atoms with E-state index in [1.807, 2.05) is 0 Å². The van der Waals surface area contributed by atoms with Crippen molar-refractivity contribution in [3.8, 4) is 33.9 Å². The van der Waals surface area contributed by atoms with Gasteiger partial charge in [-0.15, -0.1) is 0 Å². The first kappa shape index (κ1) is 17.4. The van der Waals surface area contributed by atoms with Crippen LogP contribution in [-0.4, -0.2) is 23.1 Å². The summed E-state index contributed by atoms with van der Waals surface area (Å²) in [6, 6.07) is 13.1. The second-order valence-electron chi connectivity index (χ2n) is 5.67. The number of pyridine rings is 1. The smallest absolute Gasteiger partial charge is 0.221 e. The molecule has 3 rings (SSSR count). The molecule has 1 heterocycles. The number of amides is 1. The Labute approximate surface area is 150 Å². The van der Waals surface area contributed by atoms with Crippen molar-refractivity contribution < 1.29 is 19.0 Å². The SMILES string of the molecule is COc1ccc(-c2cccc(-c3ccc(NC(C)=O)c(F)c3)c2O)cn1. The van der Waals surface area contributed by atoms with E-state index in [-0.39, 0.29) is 17.3 Å². The third kappa shape index (κ3) is 3.49. The Hall–Kier alpha value is -3.41. The number of ether oxygens (including phenoxy) is 1. The van der Waals surface area contributed by atoms with Gasteiger partial charge in [-0.05, 0) is 23.8 Å². The van der Waals surface area contributed by atoms with Crippen LogP contribution in [0.2, 0.25) is 0 Å². The summed E-state index contributed by atoms with van der Waals surface area (Å²) in [6.07, 6.45) is 1.60. The van der Waals surface area contributed by atoms with Crippen LogP contribution in [0.15, 0.2) is 54.7 Å². The second-order valence-corrected chi connectivity index (χ2v) is 5.67. The van der Waals surface area contributed by atoms with Gasteiger partial charge >= 0.3 is 0 Å². The molecule has 0 spiro atoms. The lowest BCUT2D eigenvalue weighted by Crippen LogP contribution is -2.07. The standard InChI is InChI=1S/C20H17FN2O3/c1-12(24)23-18-8-6-13(10-17(18)21)15-4-3-5-16(20(15)25)14-7-9-19(26-2)22-11-14/h3-11,25H,1-2H3,(H,23,24). The average Bonchev–Trinajstić information content (AvgIpc) is 2.63. The largest absolute Gasteiger partial charge is 0.507 e. The van der Waals surface area contributed by atoms with Crippen LogP contribution in [0.3, 0.4) is 0 Å². The van der Waals surface area contributed by atoms with Gasteiger partial charge in [0, 0.05) is 35.9 Å². The number of carbonyl (C=O) groups is 1. The molecule has 0 unspecified atom stereocenters. The summed E-state index contributed by atoms with van der Waals surface area (Å²) in [4.78, 5) is 15.2. The van der Waals surface area contributed by atoms with Crippen LogP contribution < -0.4 is 10.1 Å². The van der Waals surface area contributed by atoms with Crippen LogP contribution in [0.25, 0.3) is 22.3 Å². The van der Waals surface area contributed by atoms with Crippen molar-refractivity contribution in [1.29, 1.82) is 0 Å². The van der Waals surface area contributed by atoms with Crippen LogP contribution in [0, 0.1) is 5.82 Å². The van der Waals surface area contributed by atoms with Crippen molar-refractivity contribution in [2.75, 3.05) is 12.4 Å². The van der Waals surface area contributed by atoms with Crippen LogP contribution in [0.4, 0.5) is 10.1 Å². The molecule has 1 aromatic heterocycles. The number of phenols is 1. The highest BCUT2D eigenvalue weighted by molar-refractivity contribution is 5.89. The van der Waals surface area contributed by atoms with Gasteiger partial charge in [0.25, 0.3) is 0 Å². The maximum atomic E-state index is 14.2. The minimum Gasteiger partial charge on any atom is -0.507 e. The molecule has 0 bridgehead atoms. The highest BCUT2D eigenvalue weighted by Crippen LogP contribution is 2.38. The van der Waals surface area contributed by atoms with E-state index in [4.69, 9.17) is 4.74 Å². The maximum absolute atomic E-state index is 14.2. The zero-order chi connectivity index (χ0) is 18.7. The third-order valence-electron chi connectivity index (χ3n) is 3.88. The summed E-state index contributed by atoms with van der Waals surface area (Å²) in [5, 5.41) is 13.1. The number of nitrogens with zero attached hydrogens (tertiary/aromatic N) is 1. The predicted molar refractivity (Wildman–Crippen MR) is 97.6 cm³/mol. The molecule has 2 N–H and O–H groups in total. The lowest BCUT2D eigenvalue weighted by atomic mass is 9.98. The number of hydrogen-bond donors (Lipinski definition) is 2. The fraction of sp³-hybridized carbons (Fsp3) is 0.100. The number of nitrogens with one attached hydrogen (secondary N) is 1. The zero-order valence-corrected chi connectivity index (χ0v) is 14.3. The fourth-order valence-corrected chi connectivity index (χ4v) is 2.64. The number of hydrogen-bond acceptors (Lipinski definition) is 4. The van der Waals surface area contributed by atoms with Crippen molar-refractivity contribution in [2.45, 2.75) is 6.92 Å². The van der Waals surface area contributed by atoms with E-state index < -0.39 is 5.82 Å². The van der Waals surface area contributed by atoms with Crippen molar-refractivity contribution in [3.05, 3.63) is 60.5 Å². The summed E-state index contributed by atoms with van der Waals surface area (Å²) >= 11 is 0. The molecule has 0 aliphatic heterocycles. The summed E-state index contributed by atoms with van der Waals surface area (Å²) in [7, 11) is 1.53. The van der Waals surface area contributed by atoms with E-state index >= 15 is 0 Å². The molecule has 0 saturated heterocycles. The van der Waals surface area contributed by atoms with Crippen LogP contribution in [0.1, 0.15) is 6.92 Å². The average molecular weight is 352 g/mol. The first-order valence-corrected chi connectivity index (χ1v) is 7.89. The number of rotatable bonds is 4. The van der Waals surface area contributed by atoms with Gasteiger partial charge in [-0.1, -0.05) is 24.3 Å². The first-order chi connectivity index (χ1) is 12.5. The molecule has 0 aliphatic rings. The topological polar surface area (TPSA) is 71.5 Å². The van der Waals surface area contributed by atoms with E-state index in [2.05, 4.69) is 10.3 Å². The van der Waals surface area contributed by atoms with Gasteiger partial charge in [-0.25, -0.2) is 9.37 Å². The molecule has 0 fully saturated rings.